The molecule has 1 aromatic carbocycles. The van der Waals surface area contributed by atoms with E-state index in [9.17, 15) is 14.0 Å². The molecule has 0 amide bonds. The molecule has 1 heterocycles. The van der Waals surface area contributed by atoms with E-state index in [2.05, 4.69) is 6.92 Å². The number of allylic oxidation sites excluding steroid dienone is 1. The molecule has 1 aliphatic rings. The van der Waals surface area contributed by atoms with Crippen LogP contribution in [0.25, 0.3) is 0 Å². The minimum atomic E-state index is -0.764. The number of aliphatic imine (C=N–C) groups is 1. The highest BCUT2D eigenvalue weighted by Gasteiger charge is 2.44. The van der Waals surface area contributed by atoms with E-state index in [-0.39, 0.29) is 24.9 Å². The largest absolute Gasteiger partial charge is 0.465 e. The van der Waals surface area contributed by atoms with Crippen molar-refractivity contribution in [2.45, 2.75) is 59.8 Å². The van der Waals surface area contributed by atoms with E-state index in [0.717, 1.165) is 12.8 Å². The van der Waals surface area contributed by atoms with Crippen LogP contribution in [-0.2, 0) is 19.1 Å². The number of unbranched alkanes of at least 4 members (excludes halogenated alkanes) is 1. The molecule has 0 fully saturated rings. The predicted molar refractivity (Wildman–Crippen MR) is 115 cm³/mol. The number of carbonyl (C=O) groups excluding carboxylic acids is 2. The van der Waals surface area contributed by atoms with Gasteiger partial charge in [0.25, 0.3) is 0 Å². The second-order valence-corrected chi connectivity index (χ2v) is 7.63. The van der Waals surface area contributed by atoms with Crippen LogP contribution in [0.4, 0.5) is 4.39 Å². The maximum Gasteiger partial charge on any atom is 0.336 e. The molecular weight excluding hydrogens is 385 g/mol. The van der Waals surface area contributed by atoms with Gasteiger partial charge >= 0.3 is 11.9 Å². The number of carbonyl (C=O) groups is 2. The van der Waals surface area contributed by atoms with Gasteiger partial charge in [0.15, 0.2) is 0 Å². The Labute approximate surface area is 178 Å². The van der Waals surface area contributed by atoms with E-state index >= 15 is 0 Å². The predicted octanol–water partition coefficient (Wildman–Crippen LogP) is 5.21. The molecule has 164 valence electrons. The summed E-state index contributed by atoms with van der Waals surface area (Å²) < 4.78 is 24.4. The minimum Gasteiger partial charge on any atom is -0.465 e. The minimum absolute atomic E-state index is 0.0253. The number of hydrogen-bond acceptors (Lipinski definition) is 5. The Balaban J connectivity index is 2.76. The second-order valence-electron chi connectivity index (χ2n) is 7.63. The number of ether oxygens (including phenoxy) is 2. The zero-order valence-electron chi connectivity index (χ0n) is 18.5. The van der Waals surface area contributed by atoms with E-state index < -0.39 is 23.8 Å². The summed E-state index contributed by atoms with van der Waals surface area (Å²) in [5.41, 5.74) is 2.37. The number of nitrogens with zero attached hydrogens (tertiary/aromatic N) is 1. The fourth-order valence-electron chi connectivity index (χ4n) is 3.80. The van der Waals surface area contributed by atoms with Gasteiger partial charge in [0.05, 0.1) is 24.5 Å². The fraction of sp³-hybridized carbons (Fsp3) is 0.542. The lowest BCUT2D eigenvalue weighted by Gasteiger charge is -2.34. The first-order valence-electron chi connectivity index (χ1n) is 10.8. The molecule has 2 rings (SSSR count). The maximum absolute atomic E-state index is 13.6. The second kappa shape index (κ2) is 11.0. The molecule has 0 bridgehead atoms. The highest BCUT2D eigenvalue weighted by atomic mass is 19.1. The molecule has 0 saturated heterocycles. The molecule has 0 saturated carbocycles. The molecule has 30 heavy (non-hydrogen) atoms. The Bertz CT molecular complexity index is 811. The zero-order chi connectivity index (χ0) is 22.3. The Morgan fingerprint density at radius 2 is 1.70 bits per heavy atom. The number of esters is 2. The van der Waals surface area contributed by atoms with Crippen molar-refractivity contribution < 1.29 is 23.5 Å². The Kier molecular flexibility index (Phi) is 8.75. The van der Waals surface area contributed by atoms with Crippen molar-refractivity contribution in [1.29, 1.82) is 0 Å². The van der Waals surface area contributed by atoms with Crippen molar-refractivity contribution >= 4 is 17.7 Å². The molecule has 6 heteroatoms. The van der Waals surface area contributed by atoms with Crippen LogP contribution >= 0.6 is 0 Å². The lowest BCUT2D eigenvalue weighted by atomic mass is 9.72. The highest BCUT2D eigenvalue weighted by Crippen LogP contribution is 2.42. The lowest BCUT2D eigenvalue weighted by Crippen LogP contribution is -2.40. The van der Waals surface area contributed by atoms with E-state index in [1.807, 2.05) is 13.8 Å². The summed E-state index contributed by atoms with van der Waals surface area (Å²) >= 11 is 0. The molecular formula is C24H32FNO4. The van der Waals surface area contributed by atoms with Gasteiger partial charge in [-0.25, -0.2) is 9.18 Å². The normalized spacial score (nSPS) is 19.0. The summed E-state index contributed by atoms with van der Waals surface area (Å²) in [7, 11) is 0. The summed E-state index contributed by atoms with van der Waals surface area (Å²) in [5, 5.41) is 0. The maximum atomic E-state index is 13.6. The smallest absolute Gasteiger partial charge is 0.336 e. The first kappa shape index (κ1) is 23.8. The van der Waals surface area contributed by atoms with Crippen LogP contribution < -0.4 is 0 Å². The molecule has 1 aromatic rings. The standard InChI is InChI=1S/C24H32FNO4/c1-6-9-10-18-20(23(27)29-7-2)19(16-11-13-17(25)14-12-16)21(24(28)30-8-3)22(26-18)15(4)5/h11-15,19,21H,6-10H2,1-5H3. The average Bonchev–Trinajstić information content (AvgIpc) is 2.71. The van der Waals surface area contributed by atoms with Crippen molar-refractivity contribution in [2.75, 3.05) is 13.2 Å². The Morgan fingerprint density at radius 1 is 1.07 bits per heavy atom. The Morgan fingerprint density at radius 3 is 2.23 bits per heavy atom. The topological polar surface area (TPSA) is 65.0 Å². The van der Waals surface area contributed by atoms with E-state index in [1.54, 1.807) is 26.0 Å². The summed E-state index contributed by atoms with van der Waals surface area (Å²) in [6.07, 6.45) is 2.40. The van der Waals surface area contributed by atoms with E-state index in [4.69, 9.17) is 14.5 Å². The first-order chi connectivity index (χ1) is 14.3. The summed E-state index contributed by atoms with van der Waals surface area (Å²) in [6, 6.07) is 5.91. The molecule has 0 aliphatic carbocycles. The van der Waals surface area contributed by atoms with Crippen LogP contribution in [-0.4, -0.2) is 30.9 Å². The monoisotopic (exact) mass is 417 g/mol. The molecule has 0 aromatic heterocycles. The third-order valence-corrected chi connectivity index (χ3v) is 5.16. The van der Waals surface area contributed by atoms with Crippen molar-refractivity contribution in [2.24, 2.45) is 16.8 Å². The van der Waals surface area contributed by atoms with Gasteiger partial charge in [-0.2, -0.15) is 0 Å². The molecule has 5 nitrogen and oxygen atoms in total. The number of hydrogen-bond donors (Lipinski definition) is 0. The summed E-state index contributed by atoms with van der Waals surface area (Å²) in [4.78, 5) is 30.9. The lowest BCUT2D eigenvalue weighted by molar-refractivity contribution is -0.146. The molecule has 2 atom stereocenters. The van der Waals surface area contributed by atoms with Crippen molar-refractivity contribution in [3.8, 4) is 0 Å². The van der Waals surface area contributed by atoms with Gasteiger partial charge in [0.1, 0.15) is 11.7 Å². The quantitative estimate of drug-likeness (QED) is 0.518. The van der Waals surface area contributed by atoms with Gasteiger partial charge in [0.2, 0.25) is 0 Å². The third-order valence-electron chi connectivity index (χ3n) is 5.16. The van der Waals surface area contributed by atoms with Crippen molar-refractivity contribution in [3.05, 3.63) is 46.9 Å². The van der Waals surface area contributed by atoms with E-state index in [0.29, 0.717) is 29.0 Å². The number of rotatable bonds is 9. The van der Waals surface area contributed by atoms with Gasteiger partial charge in [-0.3, -0.25) is 9.79 Å². The van der Waals surface area contributed by atoms with Gasteiger partial charge in [-0.15, -0.1) is 0 Å². The van der Waals surface area contributed by atoms with Gasteiger partial charge < -0.3 is 9.47 Å². The number of halogens is 1. The Hall–Kier alpha value is -2.50. The summed E-state index contributed by atoms with van der Waals surface area (Å²) in [5.74, 6) is -2.73. The molecule has 0 spiro atoms. The SMILES string of the molecule is CCCCC1=C(C(=O)OCC)C(c2ccc(F)cc2)C(C(=O)OCC)C(C(C)C)=N1. The van der Waals surface area contributed by atoms with Crippen LogP contribution in [0.1, 0.15) is 65.4 Å². The van der Waals surface area contributed by atoms with Gasteiger partial charge in [-0.1, -0.05) is 39.3 Å². The highest BCUT2D eigenvalue weighted by molar-refractivity contribution is 6.08. The molecule has 0 N–H and O–H groups in total. The fourth-order valence-corrected chi connectivity index (χ4v) is 3.80. The zero-order valence-corrected chi connectivity index (χ0v) is 18.5. The molecule has 0 radical (unpaired) electrons. The van der Waals surface area contributed by atoms with Crippen LogP contribution in [0.15, 0.2) is 40.5 Å². The average molecular weight is 418 g/mol. The summed E-state index contributed by atoms with van der Waals surface area (Å²) in [6.45, 7) is 9.93. The van der Waals surface area contributed by atoms with Crippen LogP contribution in [0, 0.1) is 17.7 Å². The van der Waals surface area contributed by atoms with Crippen molar-refractivity contribution in [3.63, 3.8) is 0 Å². The van der Waals surface area contributed by atoms with Crippen LogP contribution in [0.2, 0.25) is 0 Å². The molecule has 1 aliphatic heterocycles. The van der Waals surface area contributed by atoms with Gasteiger partial charge in [0, 0.05) is 11.6 Å². The first-order valence-corrected chi connectivity index (χ1v) is 10.8. The van der Waals surface area contributed by atoms with E-state index in [1.165, 1.54) is 12.1 Å². The number of benzene rings is 1. The molecule has 2 unspecified atom stereocenters. The van der Waals surface area contributed by atoms with Crippen LogP contribution in [0.5, 0.6) is 0 Å². The van der Waals surface area contributed by atoms with Crippen LogP contribution in [0.3, 0.4) is 0 Å². The third kappa shape index (κ3) is 5.35. The van der Waals surface area contributed by atoms with Crippen molar-refractivity contribution in [1.82, 2.24) is 0 Å². The van der Waals surface area contributed by atoms with Gasteiger partial charge in [-0.05, 0) is 50.3 Å².